The van der Waals surface area contributed by atoms with Crippen LogP contribution in [0.1, 0.15) is 88.3 Å². The van der Waals surface area contributed by atoms with Gasteiger partial charge in [-0.25, -0.2) is 0 Å². The minimum atomic E-state index is -0.225. The molecule has 0 aliphatic heterocycles. The van der Waals surface area contributed by atoms with Crippen molar-refractivity contribution in [2.45, 2.75) is 84.2 Å². The van der Waals surface area contributed by atoms with Crippen molar-refractivity contribution >= 4 is 11.8 Å². The third-order valence-electron chi connectivity index (χ3n) is 7.67. The molecule has 0 saturated heterocycles. The maximum absolute atomic E-state index is 12.5. The van der Waals surface area contributed by atoms with Crippen LogP contribution in [0.4, 0.5) is 0 Å². The van der Waals surface area contributed by atoms with Gasteiger partial charge in [-0.05, 0) is 87.3 Å². The van der Waals surface area contributed by atoms with Crippen LogP contribution in [0.25, 0.3) is 0 Å². The molecular formula is C24H32O3. The van der Waals surface area contributed by atoms with Crippen LogP contribution < -0.4 is 0 Å². The van der Waals surface area contributed by atoms with Crippen molar-refractivity contribution in [3.63, 3.8) is 0 Å². The zero-order valence-electron chi connectivity index (χ0n) is 17.1. The largest absolute Gasteiger partial charge is 0.463 e. The predicted molar refractivity (Wildman–Crippen MR) is 106 cm³/mol. The molecule has 3 aliphatic rings. The van der Waals surface area contributed by atoms with E-state index in [1.54, 1.807) is 0 Å². The summed E-state index contributed by atoms with van der Waals surface area (Å²) in [5.74, 6) is 1.94. The number of carbonyl (C=O) groups excluding carboxylic acids is 2. The van der Waals surface area contributed by atoms with Crippen LogP contribution in [0.3, 0.4) is 0 Å². The van der Waals surface area contributed by atoms with Crippen molar-refractivity contribution < 1.29 is 14.3 Å². The molecule has 27 heavy (non-hydrogen) atoms. The fraction of sp³-hybridized carbons (Fsp3) is 0.667. The summed E-state index contributed by atoms with van der Waals surface area (Å²) in [6.45, 7) is 7.95. The highest BCUT2D eigenvalue weighted by atomic mass is 16.5. The first kappa shape index (κ1) is 18.7. The van der Waals surface area contributed by atoms with Crippen molar-refractivity contribution in [1.29, 1.82) is 0 Å². The number of hydrogen-bond donors (Lipinski definition) is 0. The molecule has 4 rings (SSSR count). The number of aryl methyl sites for hydroxylation is 1. The van der Waals surface area contributed by atoms with Crippen molar-refractivity contribution in [1.82, 2.24) is 0 Å². The highest BCUT2D eigenvalue weighted by molar-refractivity contribution is 5.87. The molecule has 0 N–H and O–H groups in total. The Morgan fingerprint density at radius 3 is 2.67 bits per heavy atom. The van der Waals surface area contributed by atoms with E-state index < -0.39 is 0 Å². The molecule has 0 aromatic heterocycles. The molecular weight excluding hydrogens is 336 g/mol. The molecule has 3 heteroatoms. The average molecular weight is 369 g/mol. The first-order valence-electron chi connectivity index (χ1n) is 10.7. The lowest BCUT2D eigenvalue weighted by Gasteiger charge is -2.48. The molecule has 146 valence electrons. The van der Waals surface area contributed by atoms with E-state index in [1.807, 2.05) is 20.8 Å². The third kappa shape index (κ3) is 3.03. The first-order chi connectivity index (χ1) is 12.8. The van der Waals surface area contributed by atoms with Crippen LogP contribution in [0, 0.1) is 17.3 Å². The van der Waals surface area contributed by atoms with Crippen LogP contribution in [0.5, 0.6) is 0 Å². The van der Waals surface area contributed by atoms with Gasteiger partial charge in [-0.3, -0.25) is 9.59 Å². The standard InChI is InChI=1S/C24H32O3/c1-14(2)27-23(26)15(3)16-5-7-18-17(13-16)6-8-20-19(18)11-12-24(4)21(20)9-10-22(24)25/h5,7,13-15,19-21H,6,8-12H2,1-4H3/t15?,19-,20-,21+,24+/m1/s1. The van der Waals surface area contributed by atoms with Gasteiger partial charge in [-0.1, -0.05) is 25.1 Å². The summed E-state index contributed by atoms with van der Waals surface area (Å²) in [6.07, 6.45) is 6.20. The zero-order chi connectivity index (χ0) is 19.3. The second kappa shape index (κ2) is 6.76. The number of rotatable bonds is 3. The van der Waals surface area contributed by atoms with Crippen LogP contribution in [-0.2, 0) is 20.7 Å². The predicted octanol–water partition coefficient (Wildman–Crippen LogP) is 5.17. The topological polar surface area (TPSA) is 43.4 Å². The lowest BCUT2D eigenvalue weighted by molar-refractivity contribution is -0.148. The number of ether oxygens (including phenoxy) is 1. The molecule has 3 nitrogen and oxygen atoms in total. The second-order valence-electron chi connectivity index (χ2n) is 9.50. The lowest BCUT2D eigenvalue weighted by Crippen LogP contribution is -2.42. The van der Waals surface area contributed by atoms with Crippen LogP contribution in [0.15, 0.2) is 18.2 Å². The summed E-state index contributed by atoms with van der Waals surface area (Å²) in [7, 11) is 0. The van der Waals surface area contributed by atoms with Gasteiger partial charge in [0.15, 0.2) is 0 Å². The van der Waals surface area contributed by atoms with E-state index in [4.69, 9.17) is 4.74 Å². The maximum atomic E-state index is 12.5. The van der Waals surface area contributed by atoms with Gasteiger partial charge >= 0.3 is 5.97 Å². The second-order valence-corrected chi connectivity index (χ2v) is 9.50. The Labute approximate surface area is 162 Å². The van der Waals surface area contributed by atoms with Crippen LogP contribution in [-0.4, -0.2) is 17.9 Å². The summed E-state index contributed by atoms with van der Waals surface area (Å²) >= 11 is 0. The molecule has 1 unspecified atom stereocenters. The molecule has 0 radical (unpaired) electrons. The normalized spacial score (nSPS) is 33.2. The van der Waals surface area contributed by atoms with E-state index >= 15 is 0 Å². The molecule has 5 atom stereocenters. The van der Waals surface area contributed by atoms with Crippen LogP contribution in [0.2, 0.25) is 0 Å². The van der Waals surface area contributed by atoms with Gasteiger partial charge in [-0.15, -0.1) is 0 Å². The minimum absolute atomic E-state index is 0.0618. The summed E-state index contributed by atoms with van der Waals surface area (Å²) in [5.41, 5.74) is 3.88. The number of benzene rings is 1. The number of Topliss-reactive ketones (excluding diaryl/α,β-unsaturated/α-hetero) is 1. The highest BCUT2D eigenvalue weighted by Gasteiger charge is 2.54. The van der Waals surface area contributed by atoms with E-state index in [2.05, 4.69) is 25.1 Å². The fourth-order valence-electron chi connectivity index (χ4n) is 6.11. The summed E-state index contributed by atoms with van der Waals surface area (Å²) in [4.78, 5) is 24.8. The highest BCUT2D eigenvalue weighted by Crippen LogP contribution is 2.59. The SMILES string of the molecule is CC(C)OC(=O)C(C)c1ccc2c(c1)CC[C@@H]1[C@@H]2CC[C@]2(C)C(=O)CC[C@@H]12. The summed E-state index contributed by atoms with van der Waals surface area (Å²) in [6, 6.07) is 6.63. The molecule has 0 spiro atoms. The van der Waals surface area contributed by atoms with E-state index in [1.165, 1.54) is 17.5 Å². The van der Waals surface area contributed by atoms with Gasteiger partial charge in [0.25, 0.3) is 0 Å². The Kier molecular flexibility index (Phi) is 4.68. The van der Waals surface area contributed by atoms with Gasteiger partial charge < -0.3 is 4.74 Å². The molecule has 2 fully saturated rings. The molecule has 3 aliphatic carbocycles. The Morgan fingerprint density at radius 1 is 1.15 bits per heavy atom. The Hall–Kier alpha value is -1.64. The van der Waals surface area contributed by atoms with Crippen molar-refractivity contribution in [2.24, 2.45) is 17.3 Å². The molecule has 0 bridgehead atoms. The van der Waals surface area contributed by atoms with Gasteiger partial charge in [0.2, 0.25) is 0 Å². The first-order valence-corrected chi connectivity index (χ1v) is 10.7. The number of hydrogen-bond acceptors (Lipinski definition) is 3. The molecule has 1 aromatic carbocycles. The van der Waals surface area contributed by atoms with Crippen molar-refractivity contribution in [2.75, 3.05) is 0 Å². The van der Waals surface area contributed by atoms with Gasteiger partial charge in [0.1, 0.15) is 5.78 Å². The monoisotopic (exact) mass is 368 g/mol. The number of fused-ring (bicyclic) bond motifs is 5. The summed E-state index contributed by atoms with van der Waals surface area (Å²) in [5, 5.41) is 0. The Bertz CT molecular complexity index is 765. The van der Waals surface area contributed by atoms with Crippen molar-refractivity contribution in [3.05, 3.63) is 34.9 Å². The van der Waals surface area contributed by atoms with Crippen LogP contribution >= 0.6 is 0 Å². The summed E-state index contributed by atoms with van der Waals surface area (Å²) < 4.78 is 5.39. The molecule has 0 amide bonds. The maximum Gasteiger partial charge on any atom is 0.313 e. The number of ketones is 1. The zero-order valence-corrected chi connectivity index (χ0v) is 17.1. The van der Waals surface area contributed by atoms with E-state index in [-0.39, 0.29) is 23.4 Å². The van der Waals surface area contributed by atoms with Crippen molar-refractivity contribution in [3.8, 4) is 0 Å². The Balaban J connectivity index is 1.58. The fourth-order valence-corrected chi connectivity index (χ4v) is 6.11. The molecule has 1 aromatic rings. The van der Waals surface area contributed by atoms with E-state index in [0.29, 0.717) is 23.5 Å². The number of carbonyl (C=O) groups is 2. The lowest BCUT2D eigenvalue weighted by atomic mass is 9.55. The number of esters is 1. The van der Waals surface area contributed by atoms with E-state index in [9.17, 15) is 9.59 Å². The quantitative estimate of drug-likeness (QED) is 0.692. The smallest absolute Gasteiger partial charge is 0.313 e. The molecule has 0 heterocycles. The van der Waals surface area contributed by atoms with Gasteiger partial charge in [-0.2, -0.15) is 0 Å². The van der Waals surface area contributed by atoms with Gasteiger partial charge in [0, 0.05) is 11.8 Å². The molecule has 2 saturated carbocycles. The third-order valence-corrected chi connectivity index (χ3v) is 7.67. The minimum Gasteiger partial charge on any atom is -0.463 e. The van der Waals surface area contributed by atoms with E-state index in [0.717, 1.165) is 37.7 Å². The average Bonchev–Trinajstić information content (AvgIpc) is 2.95. The Morgan fingerprint density at radius 2 is 1.93 bits per heavy atom. The van der Waals surface area contributed by atoms with Gasteiger partial charge in [0.05, 0.1) is 12.0 Å².